The molecule has 2 rings (SSSR count). The number of carbonyl (C=O) groups is 1. The SMILES string of the molecule is CCCNC(C)c1ccc(Br)cc1N1CCNC(=O)CC1. The Bertz CT molecular complexity index is 492. The maximum Gasteiger partial charge on any atom is 0.221 e. The van der Waals surface area contributed by atoms with Crippen molar-refractivity contribution < 1.29 is 4.79 Å². The normalized spacial score (nSPS) is 17.3. The maximum atomic E-state index is 11.5. The number of benzene rings is 1. The van der Waals surface area contributed by atoms with Crippen molar-refractivity contribution >= 4 is 27.5 Å². The summed E-state index contributed by atoms with van der Waals surface area (Å²) < 4.78 is 1.08. The van der Waals surface area contributed by atoms with Crippen LogP contribution in [0, 0.1) is 0 Å². The summed E-state index contributed by atoms with van der Waals surface area (Å²) in [7, 11) is 0. The van der Waals surface area contributed by atoms with Gasteiger partial charge in [-0.2, -0.15) is 0 Å². The average Bonchev–Trinajstić information content (AvgIpc) is 2.69. The highest BCUT2D eigenvalue weighted by molar-refractivity contribution is 9.10. The number of halogens is 1. The summed E-state index contributed by atoms with van der Waals surface area (Å²) in [4.78, 5) is 13.8. The van der Waals surface area contributed by atoms with Gasteiger partial charge in [-0.15, -0.1) is 0 Å². The van der Waals surface area contributed by atoms with Gasteiger partial charge in [-0.3, -0.25) is 4.79 Å². The van der Waals surface area contributed by atoms with Crippen LogP contribution in [0.3, 0.4) is 0 Å². The number of amides is 1. The molecule has 116 valence electrons. The van der Waals surface area contributed by atoms with Crippen molar-refractivity contribution in [3.8, 4) is 0 Å². The highest BCUT2D eigenvalue weighted by atomic mass is 79.9. The van der Waals surface area contributed by atoms with Gasteiger partial charge in [-0.25, -0.2) is 0 Å². The Morgan fingerprint density at radius 3 is 3.00 bits per heavy atom. The predicted molar refractivity (Wildman–Crippen MR) is 90.7 cm³/mol. The van der Waals surface area contributed by atoms with Crippen molar-refractivity contribution in [1.82, 2.24) is 10.6 Å². The maximum absolute atomic E-state index is 11.5. The summed E-state index contributed by atoms with van der Waals surface area (Å²) in [6.07, 6.45) is 1.68. The smallest absolute Gasteiger partial charge is 0.221 e. The lowest BCUT2D eigenvalue weighted by molar-refractivity contribution is -0.120. The minimum atomic E-state index is 0.145. The van der Waals surface area contributed by atoms with E-state index in [0.29, 0.717) is 19.0 Å². The first-order valence-corrected chi connectivity index (χ1v) is 8.45. The fourth-order valence-corrected chi connectivity index (χ4v) is 2.98. The molecule has 0 bridgehead atoms. The molecular weight excluding hydrogens is 330 g/mol. The Morgan fingerprint density at radius 1 is 1.43 bits per heavy atom. The van der Waals surface area contributed by atoms with E-state index in [-0.39, 0.29) is 5.91 Å². The highest BCUT2D eigenvalue weighted by Gasteiger charge is 2.19. The van der Waals surface area contributed by atoms with Crippen LogP contribution in [0.25, 0.3) is 0 Å². The summed E-state index contributed by atoms with van der Waals surface area (Å²) in [6, 6.07) is 6.73. The zero-order valence-electron chi connectivity index (χ0n) is 12.8. The molecule has 1 heterocycles. The molecule has 1 aliphatic heterocycles. The van der Waals surface area contributed by atoms with Crippen LogP contribution in [0.4, 0.5) is 5.69 Å². The van der Waals surface area contributed by atoms with Crippen molar-refractivity contribution in [1.29, 1.82) is 0 Å². The highest BCUT2D eigenvalue weighted by Crippen LogP contribution is 2.30. The molecule has 21 heavy (non-hydrogen) atoms. The Labute approximate surface area is 135 Å². The minimum absolute atomic E-state index is 0.145. The van der Waals surface area contributed by atoms with Gasteiger partial charge in [0.15, 0.2) is 0 Å². The van der Waals surface area contributed by atoms with Gasteiger partial charge >= 0.3 is 0 Å². The minimum Gasteiger partial charge on any atom is -0.369 e. The van der Waals surface area contributed by atoms with Gasteiger partial charge in [0.1, 0.15) is 0 Å². The molecule has 2 N–H and O–H groups in total. The van der Waals surface area contributed by atoms with E-state index >= 15 is 0 Å². The molecule has 1 fully saturated rings. The van der Waals surface area contributed by atoms with Crippen molar-refractivity contribution in [3.05, 3.63) is 28.2 Å². The van der Waals surface area contributed by atoms with E-state index in [0.717, 1.165) is 30.5 Å². The molecule has 1 amide bonds. The number of nitrogens with one attached hydrogen (secondary N) is 2. The Morgan fingerprint density at radius 2 is 2.24 bits per heavy atom. The van der Waals surface area contributed by atoms with E-state index in [1.54, 1.807) is 0 Å². The van der Waals surface area contributed by atoms with Crippen LogP contribution in [-0.2, 0) is 4.79 Å². The molecule has 0 spiro atoms. The van der Waals surface area contributed by atoms with Crippen LogP contribution in [0.5, 0.6) is 0 Å². The topological polar surface area (TPSA) is 44.4 Å². The van der Waals surface area contributed by atoms with Crippen LogP contribution in [0.2, 0.25) is 0 Å². The van der Waals surface area contributed by atoms with E-state index < -0.39 is 0 Å². The van der Waals surface area contributed by atoms with Gasteiger partial charge < -0.3 is 15.5 Å². The molecule has 1 saturated heterocycles. The summed E-state index contributed by atoms with van der Waals surface area (Å²) in [6.45, 7) is 7.72. The average molecular weight is 354 g/mol. The van der Waals surface area contributed by atoms with Crippen LogP contribution in [-0.4, -0.2) is 32.1 Å². The van der Waals surface area contributed by atoms with E-state index in [4.69, 9.17) is 0 Å². The third kappa shape index (κ3) is 4.45. The van der Waals surface area contributed by atoms with Crippen molar-refractivity contribution in [2.24, 2.45) is 0 Å². The Kier molecular flexibility index (Phi) is 6.06. The molecular formula is C16H24BrN3O. The lowest BCUT2D eigenvalue weighted by Gasteiger charge is -2.28. The van der Waals surface area contributed by atoms with Crippen molar-refractivity contribution in [2.45, 2.75) is 32.7 Å². The first-order chi connectivity index (χ1) is 10.1. The van der Waals surface area contributed by atoms with Gasteiger partial charge in [-0.1, -0.05) is 28.9 Å². The predicted octanol–water partition coefficient (Wildman–Crippen LogP) is 2.84. The van der Waals surface area contributed by atoms with Crippen LogP contribution >= 0.6 is 15.9 Å². The second-order valence-electron chi connectivity index (χ2n) is 5.47. The molecule has 1 aromatic carbocycles. The molecule has 1 aliphatic rings. The molecule has 0 saturated carbocycles. The largest absolute Gasteiger partial charge is 0.369 e. The van der Waals surface area contributed by atoms with E-state index in [2.05, 4.69) is 63.5 Å². The van der Waals surface area contributed by atoms with E-state index in [9.17, 15) is 4.79 Å². The van der Waals surface area contributed by atoms with Crippen molar-refractivity contribution in [3.63, 3.8) is 0 Å². The third-order valence-electron chi connectivity index (χ3n) is 3.81. The zero-order chi connectivity index (χ0) is 15.2. The Hall–Kier alpha value is -1.07. The quantitative estimate of drug-likeness (QED) is 0.855. The standard InChI is InChI=1S/C16H24BrN3O/c1-3-7-18-12(2)14-5-4-13(17)11-15(14)20-9-6-16(21)19-8-10-20/h4-5,11-12,18H,3,6-10H2,1-2H3,(H,19,21). The van der Waals surface area contributed by atoms with Gasteiger partial charge in [0.25, 0.3) is 0 Å². The summed E-state index contributed by atoms with van der Waals surface area (Å²) in [5, 5.41) is 6.48. The second-order valence-corrected chi connectivity index (χ2v) is 6.38. The molecule has 0 aliphatic carbocycles. The Balaban J connectivity index is 2.23. The van der Waals surface area contributed by atoms with Crippen LogP contribution < -0.4 is 15.5 Å². The number of hydrogen-bond donors (Lipinski definition) is 2. The van der Waals surface area contributed by atoms with E-state index in [1.807, 2.05) is 0 Å². The fraction of sp³-hybridized carbons (Fsp3) is 0.562. The molecule has 1 atom stereocenters. The van der Waals surface area contributed by atoms with Crippen LogP contribution in [0.15, 0.2) is 22.7 Å². The molecule has 4 nitrogen and oxygen atoms in total. The zero-order valence-corrected chi connectivity index (χ0v) is 14.4. The summed E-state index contributed by atoms with van der Waals surface area (Å²) >= 11 is 3.57. The van der Waals surface area contributed by atoms with Gasteiger partial charge in [0, 0.05) is 42.3 Å². The third-order valence-corrected chi connectivity index (χ3v) is 4.31. The van der Waals surface area contributed by atoms with Crippen LogP contribution in [0.1, 0.15) is 38.3 Å². The second kappa shape index (κ2) is 7.80. The fourth-order valence-electron chi connectivity index (χ4n) is 2.64. The molecule has 0 aromatic heterocycles. The number of carbonyl (C=O) groups excluding carboxylic acids is 1. The first-order valence-electron chi connectivity index (χ1n) is 7.66. The van der Waals surface area contributed by atoms with Gasteiger partial charge in [-0.05, 0) is 37.6 Å². The summed E-state index contributed by atoms with van der Waals surface area (Å²) in [5.41, 5.74) is 2.51. The monoisotopic (exact) mass is 353 g/mol. The molecule has 1 aromatic rings. The van der Waals surface area contributed by atoms with E-state index in [1.165, 1.54) is 11.3 Å². The lowest BCUT2D eigenvalue weighted by Crippen LogP contribution is -2.30. The number of hydrogen-bond acceptors (Lipinski definition) is 3. The lowest BCUT2D eigenvalue weighted by atomic mass is 10.0. The molecule has 0 radical (unpaired) electrons. The number of anilines is 1. The van der Waals surface area contributed by atoms with Crippen molar-refractivity contribution in [2.75, 3.05) is 31.1 Å². The first kappa shape index (κ1) is 16.3. The molecule has 5 heteroatoms. The molecule has 1 unspecified atom stereocenters. The van der Waals surface area contributed by atoms with Gasteiger partial charge in [0.05, 0.1) is 0 Å². The van der Waals surface area contributed by atoms with Gasteiger partial charge in [0.2, 0.25) is 5.91 Å². The number of nitrogens with zero attached hydrogens (tertiary/aromatic N) is 1. The summed E-state index contributed by atoms with van der Waals surface area (Å²) in [5.74, 6) is 0.145. The number of rotatable bonds is 5.